The minimum absolute atomic E-state index is 0.339. The van der Waals surface area contributed by atoms with Crippen LogP contribution < -0.4 is 0 Å². The molecule has 12 heavy (non-hydrogen) atoms. The van der Waals surface area contributed by atoms with E-state index in [2.05, 4.69) is 6.92 Å². The van der Waals surface area contributed by atoms with Crippen LogP contribution in [0.4, 0.5) is 0 Å². The van der Waals surface area contributed by atoms with Crippen LogP contribution in [-0.4, -0.2) is 12.9 Å². The Balaban J connectivity index is 2.47. The zero-order valence-corrected chi connectivity index (χ0v) is 6.87. The van der Waals surface area contributed by atoms with E-state index in [9.17, 15) is 4.79 Å². The van der Waals surface area contributed by atoms with Gasteiger partial charge in [-0.2, -0.15) is 0 Å². The summed E-state index contributed by atoms with van der Waals surface area (Å²) in [4.78, 5) is 10.5. The molecular weight excluding hydrogens is 156 g/mol. The average molecular weight is 166 g/mol. The molecular formula is C9H10O3. The minimum Gasteiger partial charge on any atom is -0.461 e. The standard InChI is InChI=1S/C9H10O3/c1-6-3-11-4-8-7(6)5-12-9(8)2-10/h2,5-6H,3-4H2,1H3. The Labute approximate surface area is 70.3 Å². The Kier molecular flexibility index (Phi) is 1.73. The number of hydrogen-bond acceptors (Lipinski definition) is 3. The van der Waals surface area contributed by atoms with Crippen molar-refractivity contribution in [2.24, 2.45) is 0 Å². The molecule has 1 atom stereocenters. The van der Waals surface area contributed by atoms with Crippen molar-refractivity contribution in [1.82, 2.24) is 0 Å². The van der Waals surface area contributed by atoms with Crippen LogP contribution in [0.2, 0.25) is 0 Å². The highest BCUT2D eigenvalue weighted by atomic mass is 16.5. The van der Waals surface area contributed by atoms with Crippen LogP contribution in [0.5, 0.6) is 0 Å². The van der Waals surface area contributed by atoms with Crippen LogP contribution >= 0.6 is 0 Å². The fourth-order valence-corrected chi connectivity index (χ4v) is 1.51. The Morgan fingerprint density at radius 2 is 2.50 bits per heavy atom. The van der Waals surface area contributed by atoms with Gasteiger partial charge in [0.25, 0.3) is 0 Å². The highest BCUT2D eigenvalue weighted by Gasteiger charge is 2.22. The second-order valence-corrected chi connectivity index (χ2v) is 3.07. The lowest BCUT2D eigenvalue weighted by atomic mass is 9.98. The smallest absolute Gasteiger partial charge is 0.185 e. The van der Waals surface area contributed by atoms with Gasteiger partial charge >= 0.3 is 0 Å². The highest BCUT2D eigenvalue weighted by molar-refractivity contribution is 5.74. The summed E-state index contributed by atoms with van der Waals surface area (Å²) >= 11 is 0. The van der Waals surface area contributed by atoms with E-state index in [0.29, 0.717) is 24.9 Å². The molecule has 0 aliphatic carbocycles. The number of ether oxygens (including phenoxy) is 1. The number of hydrogen-bond donors (Lipinski definition) is 0. The highest BCUT2D eigenvalue weighted by Crippen LogP contribution is 2.29. The van der Waals surface area contributed by atoms with Crippen molar-refractivity contribution >= 4 is 6.29 Å². The molecule has 64 valence electrons. The predicted molar refractivity (Wildman–Crippen MR) is 42.2 cm³/mol. The summed E-state index contributed by atoms with van der Waals surface area (Å²) in [5.41, 5.74) is 2.03. The van der Waals surface area contributed by atoms with E-state index in [0.717, 1.165) is 17.4 Å². The van der Waals surface area contributed by atoms with Gasteiger partial charge in [-0.05, 0) is 0 Å². The third kappa shape index (κ3) is 0.975. The Hall–Kier alpha value is -1.09. The van der Waals surface area contributed by atoms with Crippen molar-refractivity contribution in [2.75, 3.05) is 6.61 Å². The molecule has 0 fully saturated rings. The summed E-state index contributed by atoms with van der Waals surface area (Å²) < 4.78 is 10.4. The van der Waals surface area contributed by atoms with Crippen molar-refractivity contribution in [3.8, 4) is 0 Å². The summed E-state index contributed by atoms with van der Waals surface area (Å²) in [5.74, 6) is 0.753. The van der Waals surface area contributed by atoms with Gasteiger partial charge < -0.3 is 9.15 Å². The molecule has 1 aromatic heterocycles. The van der Waals surface area contributed by atoms with E-state index in [4.69, 9.17) is 9.15 Å². The number of aldehydes is 1. The lowest BCUT2D eigenvalue weighted by Gasteiger charge is -2.17. The molecule has 0 bridgehead atoms. The molecule has 0 radical (unpaired) electrons. The monoisotopic (exact) mass is 166 g/mol. The molecule has 2 heterocycles. The largest absolute Gasteiger partial charge is 0.461 e. The van der Waals surface area contributed by atoms with Gasteiger partial charge in [0, 0.05) is 17.0 Å². The summed E-state index contributed by atoms with van der Waals surface area (Å²) in [6.45, 7) is 3.27. The molecule has 0 spiro atoms. The van der Waals surface area contributed by atoms with Gasteiger partial charge in [-0.25, -0.2) is 0 Å². The number of carbonyl (C=O) groups excluding carboxylic acids is 1. The van der Waals surface area contributed by atoms with E-state index in [1.807, 2.05) is 0 Å². The van der Waals surface area contributed by atoms with Crippen LogP contribution in [0.25, 0.3) is 0 Å². The Bertz CT molecular complexity index is 301. The molecule has 3 heteroatoms. The molecule has 1 aliphatic rings. The Morgan fingerprint density at radius 3 is 3.25 bits per heavy atom. The van der Waals surface area contributed by atoms with E-state index in [1.165, 1.54) is 0 Å². The van der Waals surface area contributed by atoms with E-state index in [1.54, 1.807) is 6.26 Å². The predicted octanol–water partition coefficient (Wildman–Crippen LogP) is 1.73. The zero-order chi connectivity index (χ0) is 8.55. The van der Waals surface area contributed by atoms with Crippen LogP contribution in [0.3, 0.4) is 0 Å². The molecule has 3 nitrogen and oxygen atoms in total. The molecule has 0 saturated carbocycles. The second-order valence-electron chi connectivity index (χ2n) is 3.07. The Morgan fingerprint density at radius 1 is 1.67 bits per heavy atom. The van der Waals surface area contributed by atoms with Crippen molar-refractivity contribution in [2.45, 2.75) is 19.4 Å². The summed E-state index contributed by atoms with van der Waals surface area (Å²) in [7, 11) is 0. The lowest BCUT2D eigenvalue weighted by Crippen LogP contribution is -2.13. The summed E-state index contributed by atoms with van der Waals surface area (Å²) in [6, 6.07) is 0. The molecule has 0 aromatic carbocycles. The third-order valence-electron chi connectivity index (χ3n) is 2.21. The van der Waals surface area contributed by atoms with E-state index in [-0.39, 0.29) is 0 Å². The van der Waals surface area contributed by atoms with Gasteiger partial charge in [0.15, 0.2) is 12.0 Å². The van der Waals surface area contributed by atoms with Crippen LogP contribution in [0, 0.1) is 0 Å². The van der Waals surface area contributed by atoms with Crippen LogP contribution in [-0.2, 0) is 11.3 Å². The maximum atomic E-state index is 10.5. The fourth-order valence-electron chi connectivity index (χ4n) is 1.51. The van der Waals surface area contributed by atoms with Gasteiger partial charge in [0.05, 0.1) is 19.5 Å². The van der Waals surface area contributed by atoms with Crippen molar-refractivity contribution in [3.05, 3.63) is 23.2 Å². The van der Waals surface area contributed by atoms with Crippen molar-refractivity contribution in [3.63, 3.8) is 0 Å². The summed E-state index contributed by atoms with van der Waals surface area (Å²) in [5, 5.41) is 0. The molecule has 1 aliphatic heterocycles. The molecule has 2 rings (SSSR count). The maximum absolute atomic E-state index is 10.5. The first-order valence-electron chi connectivity index (χ1n) is 3.96. The zero-order valence-electron chi connectivity index (χ0n) is 6.87. The van der Waals surface area contributed by atoms with Crippen molar-refractivity contribution in [1.29, 1.82) is 0 Å². The normalized spacial score (nSPS) is 21.9. The lowest BCUT2D eigenvalue weighted by molar-refractivity contribution is 0.0933. The van der Waals surface area contributed by atoms with Gasteiger partial charge in [-0.15, -0.1) is 0 Å². The van der Waals surface area contributed by atoms with E-state index >= 15 is 0 Å². The van der Waals surface area contributed by atoms with Gasteiger partial charge in [-0.1, -0.05) is 6.92 Å². The topological polar surface area (TPSA) is 39.4 Å². The molecule has 1 aromatic rings. The number of fused-ring (bicyclic) bond motifs is 1. The minimum atomic E-state index is 0.339. The molecule has 0 amide bonds. The number of furan rings is 1. The van der Waals surface area contributed by atoms with Gasteiger partial charge in [-0.3, -0.25) is 4.79 Å². The molecule has 0 N–H and O–H groups in total. The SMILES string of the molecule is CC1COCc2c1coc2C=O. The van der Waals surface area contributed by atoms with Crippen LogP contribution in [0.1, 0.15) is 34.5 Å². The first kappa shape index (κ1) is 7.55. The van der Waals surface area contributed by atoms with Crippen LogP contribution in [0.15, 0.2) is 10.7 Å². The quantitative estimate of drug-likeness (QED) is 0.596. The first-order chi connectivity index (χ1) is 5.83. The van der Waals surface area contributed by atoms with Gasteiger partial charge in [0.1, 0.15) is 0 Å². The third-order valence-corrected chi connectivity index (χ3v) is 2.21. The first-order valence-corrected chi connectivity index (χ1v) is 3.96. The van der Waals surface area contributed by atoms with Gasteiger partial charge in [0.2, 0.25) is 0 Å². The van der Waals surface area contributed by atoms with Crippen molar-refractivity contribution < 1.29 is 13.9 Å². The summed E-state index contributed by atoms with van der Waals surface area (Å²) in [6.07, 6.45) is 2.40. The number of rotatable bonds is 1. The van der Waals surface area contributed by atoms with E-state index < -0.39 is 0 Å². The average Bonchev–Trinajstić information content (AvgIpc) is 2.49. The molecule has 1 unspecified atom stereocenters. The molecule has 0 saturated heterocycles. The fraction of sp³-hybridized carbons (Fsp3) is 0.444. The number of carbonyl (C=O) groups is 1. The maximum Gasteiger partial charge on any atom is 0.185 e. The second kappa shape index (κ2) is 2.75.